The van der Waals surface area contributed by atoms with Gasteiger partial charge in [-0.25, -0.2) is 0 Å². The quantitative estimate of drug-likeness (QED) is 0.424. The number of amides is 1. The SMILES string of the molecule is Cc1cccc(C(=O)Nc2cn(Cc3ccc(C(F)(F)F)cc3)c3ccccc23)c1. The molecule has 3 nitrogen and oxygen atoms in total. The molecule has 30 heavy (non-hydrogen) atoms. The first kappa shape index (κ1) is 19.8. The highest BCUT2D eigenvalue weighted by molar-refractivity contribution is 6.09. The number of hydrogen-bond donors (Lipinski definition) is 1. The topological polar surface area (TPSA) is 34.0 Å². The molecule has 0 bridgehead atoms. The van der Waals surface area contributed by atoms with Gasteiger partial charge in [0.05, 0.1) is 16.8 Å². The summed E-state index contributed by atoms with van der Waals surface area (Å²) in [5, 5.41) is 3.82. The fraction of sp³-hybridized carbons (Fsp3) is 0.125. The second-order valence-corrected chi connectivity index (χ2v) is 7.21. The van der Waals surface area contributed by atoms with Crippen LogP contribution in [0.2, 0.25) is 0 Å². The van der Waals surface area contributed by atoms with Crippen LogP contribution in [0.1, 0.15) is 27.0 Å². The molecular formula is C24H19F3N2O. The lowest BCUT2D eigenvalue weighted by molar-refractivity contribution is -0.137. The van der Waals surface area contributed by atoms with Crippen molar-refractivity contribution < 1.29 is 18.0 Å². The van der Waals surface area contributed by atoms with Crippen molar-refractivity contribution in [3.05, 3.63) is 101 Å². The van der Waals surface area contributed by atoms with Crippen LogP contribution in [0.25, 0.3) is 10.9 Å². The first-order valence-corrected chi connectivity index (χ1v) is 9.43. The van der Waals surface area contributed by atoms with Gasteiger partial charge >= 0.3 is 6.18 Å². The zero-order chi connectivity index (χ0) is 21.3. The Balaban J connectivity index is 1.63. The second-order valence-electron chi connectivity index (χ2n) is 7.21. The molecule has 0 aliphatic heterocycles. The molecule has 0 atom stereocenters. The van der Waals surface area contributed by atoms with Crippen LogP contribution >= 0.6 is 0 Å². The average Bonchev–Trinajstić information content (AvgIpc) is 3.05. The van der Waals surface area contributed by atoms with Crippen molar-refractivity contribution in [3.63, 3.8) is 0 Å². The second kappa shape index (κ2) is 7.71. The van der Waals surface area contributed by atoms with E-state index < -0.39 is 11.7 Å². The third-order valence-electron chi connectivity index (χ3n) is 4.95. The fourth-order valence-electron chi connectivity index (χ4n) is 3.45. The lowest BCUT2D eigenvalue weighted by Crippen LogP contribution is -2.11. The summed E-state index contributed by atoms with van der Waals surface area (Å²) in [6, 6.07) is 20.0. The zero-order valence-electron chi connectivity index (χ0n) is 16.2. The molecule has 0 spiro atoms. The molecule has 4 rings (SSSR count). The Morgan fingerprint density at radius 3 is 2.40 bits per heavy atom. The van der Waals surface area contributed by atoms with Crippen LogP contribution in [0.3, 0.4) is 0 Å². The number of halogens is 3. The van der Waals surface area contributed by atoms with E-state index in [0.717, 1.165) is 34.2 Å². The number of carbonyl (C=O) groups excluding carboxylic acids is 1. The van der Waals surface area contributed by atoms with Gasteiger partial charge in [0.15, 0.2) is 0 Å². The Morgan fingerprint density at radius 2 is 1.70 bits per heavy atom. The van der Waals surface area contributed by atoms with E-state index in [1.54, 1.807) is 6.07 Å². The van der Waals surface area contributed by atoms with E-state index in [1.165, 1.54) is 12.1 Å². The number of anilines is 1. The van der Waals surface area contributed by atoms with E-state index in [-0.39, 0.29) is 5.91 Å². The monoisotopic (exact) mass is 408 g/mol. The van der Waals surface area contributed by atoms with Crippen molar-refractivity contribution in [1.29, 1.82) is 0 Å². The summed E-state index contributed by atoms with van der Waals surface area (Å²) in [4.78, 5) is 12.7. The number of para-hydroxylation sites is 1. The molecule has 152 valence electrons. The lowest BCUT2D eigenvalue weighted by Gasteiger charge is -2.09. The number of hydrogen-bond acceptors (Lipinski definition) is 1. The van der Waals surface area contributed by atoms with Gasteiger partial charge in [-0.2, -0.15) is 13.2 Å². The number of carbonyl (C=O) groups is 1. The van der Waals surface area contributed by atoms with Crippen molar-refractivity contribution in [2.24, 2.45) is 0 Å². The maximum atomic E-state index is 12.8. The molecule has 4 aromatic rings. The lowest BCUT2D eigenvalue weighted by atomic mass is 10.1. The van der Waals surface area contributed by atoms with Gasteiger partial charge in [-0.1, -0.05) is 48.0 Å². The molecule has 1 aromatic heterocycles. The van der Waals surface area contributed by atoms with Crippen LogP contribution in [0, 0.1) is 6.92 Å². The maximum Gasteiger partial charge on any atom is 0.416 e. The molecule has 0 fully saturated rings. The Hall–Kier alpha value is -3.54. The summed E-state index contributed by atoms with van der Waals surface area (Å²) in [5.41, 5.74) is 3.16. The number of aryl methyl sites for hydroxylation is 1. The molecule has 6 heteroatoms. The first-order chi connectivity index (χ1) is 14.3. The first-order valence-electron chi connectivity index (χ1n) is 9.43. The van der Waals surface area contributed by atoms with Crippen LogP contribution in [0.4, 0.5) is 18.9 Å². The van der Waals surface area contributed by atoms with Crippen molar-refractivity contribution in [2.45, 2.75) is 19.6 Å². The Labute approximate surface area is 171 Å². The van der Waals surface area contributed by atoms with Crippen molar-refractivity contribution in [2.75, 3.05) is 5.32 Å². The predicted octanol–water partition coefficient (Wildman–Crippen LogP) is 6.27. The van der Waals surface area contributed by atoms with Crippen molar-refractivity contribution in [3.8, 4) is 0 Å². The van der Waals surface area contributed by atoms with Crippen molar-refractivity contribution in [1.82, 2.24) is 4.57 Å². The summed E-state index contributed by atoms with van der Waals surface area (Å²) in [6.45, 7) is 2.31. The van der Waals surface area contributed by atoms with Crippen LogP contribution in [-0.2, 0) is 12.7 Å². The largest absolute Gasteiger partial charge is 0.416 e. The minimum Gasteiger partial charge on any atom is -0.341 e. The van der Waals surface area contributed by atoms with E-state index in [4.69, 9.17) is 0 Å². The highest BCUT2D eigenvalue weighted by Crippen LogP contribution is 2.30. The van der Waals surface area contributed by atoms with Crippen LogP contribution in [0.15, 0.2) is 79.0 Å². The highest BCUT2D eigenvalue weighted by atomic mass is 19.4. The van der Waals surface area contributed by atoms with Gasteiger partial charge in [0.1, 0.15) is 0 Å². The molecular weight excluding hydrogens is 389 g/mol. The summed E-state index contributed by atoms with van der Waals surface area (Å²) in [7, 11) is 0. The van der Waals surface area contributed by atoms with Crippen molar-refractivity contribution >= 4 is 22.5 Å². The van der Waals surface area contributed by atoms with E-state index >= 15 is 0 Å². The van der Waals surface area contributed by atoms with Crippen LogP contribution < -0.4 is 5.32 Å². The molecule has 3 aromatic carbocycles. The van der Waals surface area contributed by atoms with E-state index in [0.29, 0.717) is 17.8 Å². The molecule has 0 saturated carbocycles. The van der Waals surface area contributed by atoms with Gasteiger partial charge in [0.2, 0.25) is 0 Å². The third-order valence-corrected chi connectivity index (χ3v) is 4.95. The molecule has 1 amide bonds. The smallest absolute Gasteiger partial charge is 0.341 e. The standard InChI is InChI=1S/C24H19F3N2O/c1-16-5-4-6-18(13-16)23(30)28-21-15-29(22-8-3-2-7-20(21)22)14-17-9-11-19(12-10-17)24(25,26)27/h2-13,15H,14H2,1H3,(H,28,30). The molecule has 1 N–H and O–H groups in total. The third kappa shape index (κ3) is 4.08. The maximum absolute atomic E-state index is 12.8. The normalized spacial score (nSPS) is 11.6. The Bertz CT molecular complexity index is 1210. The Kier molecular flexibility index (Phi) is 5.08. The predicted molar refractivity (Wildman–Crippen MR) is 112 cm³/mol. The summed E-state index contributed by atoms with van der Waals surface area (Å²) in [6.07, 6.45) is -2.54. The van der Waals surface area contributed by atoms with Gasteiger partial charge in [0, 0.05) is 23.7 Å². The molecule has 0 radical (unpaired) electrons. The minimum atomic E-state index is -4.36. The van der Waals surface area contributed by atoms with Gasteiger partial charge < -0.3 is 9.88 Å². The molecule has 0 aliphatic carbocycles. The number of benzene rings is 3. The number of aromatic nitrogens is 1. The summed E-state index contributed by atoms with van der Waals surface area (Å²) >= 11 is 0. The molecule has 1 heterocycles. The average molecular weight is 408 g/mol. The van der Waals surface area contributed by atoms with E-state index in [9.17, 15) is 18.0 Å². The van der Waals surface area contributed by atoms with Crippen LogP contribution in [0.5, 0.6) is 0 Å². The summed E-state index contributed by atoms with van der Waals surface area (Å²) in [5.74, 6) is -0.212. The minimum absolute atomic E-state index is 0.212. The number of alkyl halides is 3. The van der Waals surface area contributed by atoms with Gasteiger partial charge in [-0.3, -0.25) is 4.79 Å². The van der Waals surface area contributed by atoms with Gasteiger partial charge in [0.25, 0.3) is 5.91 Å². The van der Waals surface area contributed by atoms with E-state index in [2.05, 4.69) is 5.32 Å². The van der Waals surface area contributed by atoms with E-state index in [1.807, 2.05) is 60.2 Å². The fourth-order valence-corrected chi connectivity index (χ4v) is 3.45. The zero-order valence-corrected chi connectivity index (χ0v) is 16.2. The number of fused-ring (bicyclic) bond motifs is 1. The molecule has 0 aliphatic rings. The highest BCUT2D eigenvalue weighted by Gasteiger charge is 2.29. The number of rotatable bonds is 4. The Morgan fingerprint density at radius 1 is 0.967 bits per heavy atom. The van der Waals surface area contributed by atoms with Gasteiger partial charge in [-0.05, 0) is 42.8 Å². The summed E-state index contributed by atoms with van der Waals surface area (Å²) < 4.78 is 40.3. The number of nitrogens with one attached hydrogen (secondary N) is 1. The number of nitrogens with zero attached hydrogens (tertiary/aromatic N) is 1. The molecule has 0 unspecified atom stereocenters. The molecule has 0 saturated heterocycles. The van der Waals surface area contributed by atoms with Gasteiger partial charge in [-0.15, -0.1) is 0 Å². The van der Waals surface area contributed by atoms with Crippen LogP contribution in [-0.4, -0.2) is 10.5 Å².